The molecule has 0 bridgehead atoms. The summed E-state index contributed by atoms with van der Waals surface area (Å²) in [5, 5.41) is 9.59. The van der Waals surface area contributed by atoms with Gasteiger partial charge in [-0.3, -0.25) is 0 Å². The van der Waals surface area contributed by atoms with E-state index in [0.29, 0.717) is 11.3 Å². The van der Waals surface area contributed by atoms with Crippen LogP contribution >= 0.6 is 0 Å². The predicted octanol–water partition coefficient (Wildman–Crippen LogP) is 3.22. The van der Waals surface area contributed by atoms with Gasteiger partial charge in [-0.15, -0.1) is 0 Å². The molecule has 0 amide bonds. The molecule has 0 aromatic heterocycles. The molecule has 1 aliphatic carbocycles. The van der Waals surface area contributed by atoms with Crippen LogP contribution in [0.25, 0.3) is 0 Å². The van der Waals surface area contributed by atoms with E-state index in [1.807, 2.05) is 0 Å². The highest BCUT2D eigenvalue weighted by molar-refractivity contribution is 4.79. The van der Waals surface area contributed by atoms with Crippen molar-refractivity contribution in [3.63, 3.8) is 0 Å². The summed E-state index contributed by atoms with van der Waals surface area (Å²) in [4.78, 5) is 0. The first-order valence-corrected chi connectivity index (χ1v) is 5.56. The van der Waals surface area contributed by atoms with Crippen molar-refractivity contribution in [3.05, 3.63) is 0 Å². The molecule has 0 heterocycles. The number of hydrogen-bond donors (Lipinski definition) is 1. The summed E-state index contributed by atoms with van der Waals surface area (Å²) in [5.74, 6) is 1.36. The minimum absolute atomic E-state index is 0.0313. The molecule has 0 saturated heterocycles. The van der Waals surface area contributed by atoms with Gasteiger partial charge in [0.05, 0.1) is 6.10 Å². The van der Waals surface area contributed by atoms with E-state index in [9.17, 15) is 5.11 Å². The molecule has 0 aromatic rings. The summed E-state index contributed by atoms with van der Waals surface area (Å²) in [6.07, 6.45) is 4.74. The molecule has 0 aromatic carbocycles. The fraction of sp³-hybridized carbons (Fsp3) is 1.00. The number of aliphatic hydroxyl groups is 1. The Hall–Kier alpha value is -0.0400. The second-order valence-corrected chi connectivity index (χ2v) is 5.99. The lowest BCUT2D eigenvalue weighted by Crippen LogP contribution is -2.28. The van der Waals surface area contributed by atoms with E-state index in [1.54, 1.807) is 0 Å². The zero-order valence-corrected chi connectivity index (χ0v) is 9.51. The van der Waals surface area contributed by atoms with Crippen molar-refractivity contribution >= 4 is 0 Å². The minimum atomic E-state index is -0.0313. The minimum Gasteiger partial charge on any atom is -0.393 e. The van der Waals surface area contributed by atoms with Crippen molar-refractivity contribution in [3.8, 4) is 0 Å². The zero-order chi connectivity index (χ0) is 10.1. The largest absolute Gasteiger partial charge is 0.393 e. The number of hydrogen-bond acceptors (Lipinski definition) is 1. The summed E-state index contributed by atoms with van der Waals surface area (Å²) in [6, 6.07) is 0. The fourth-order valence-electron chi connectivity index (χ4n) is 2.54. The van der Waals surface area contributed by atoms with Crippen molar-refractivity contribution in [1.82, 2.24) is 0 Å². The zero-order valence-electron chi connectivity index (χ0n) is 9.51. The molecule has 0 aliphatic heterocycles. The number of rotatable bonds is 1. The van der Waals surface area contributed by atoms with Crippen LogP contribution in [0.3, 0.4) is 0 Å². The monoisotopic (exact) mass is 184 g/mol. The highest BCUT2D eigenvalue weighted by Crippen LogP contribution is 2.36. The highest BCUT2D eigenvalue weighted by atomic mass is 16.3. The van der Waals surface area contributed by atoms with Gasteiger partial charge >= 0.3 is 0 Å². The normalized spacial score (nSPS) is 36.2. The van der Waals surface area contributed by atoms with Crippen molar-refractivity contribution in [2.45, 2.75) is 59.5 Å². The van der Waals surface area contributed by atoms with Crippen molar-refractivity contribution in [1.29, 1.82) is 0 Å². The Labute approximate surface area is 82.5 Å². The topological polar surface area (TPSA) is 20.2 Å². The Morgan fingerprint density at radius 2 is 1.85 bits per heavy atom. The third kappa shape index (κ3) is 3.68. The van der Waals surface area contributed by atoms with Crippen LogP contribution in [0.4, 0.5) is 0 Å². The van der Waals surface area contributed by atoms with Gasteiger partial charge in [-0.1, -0.05) is 27.7 Å². The van der Waals surface area contributed by atoms with E-state index >= 15 is 0 Å². The van der Waals surface area contributed by atoms with Gasteiger partial charge in [0.2, 0.25) is 0 Å². The highest BCUT2D eigenvalue weighted by Gasteiger charge is 2.28. The van der Waals surface area contributed by atoms with E-state index in [2.05, 4.69) is 27.7 Å². The first-order chi connectivity index (χ1) is 5.88. The average Bonchev–Trinajstić information content (AvgIpc) is 1.94. The van der Waals surface area contributed by atoms with Crippen LogP contribution in [0, 0.1) is 17.3 Å². The first kappa shape index (κ1) is 11.0. The van der Waals surface area contributed by atoms with Crippen LogP contribution in [0.2, 0.25) is 0 Å². The van der Waals surface area contributed by atoms with Gasteiger partial charge in [0.1, 0.15) is 0 Å². The second kappa shape index (κ2) is 4.00. The van der Waals surface area contributed by atoms with Crippen LogP contribution in [-0.4, -0.2) is 11.2 Å². The van der Waals surface area contributed by atoms with E-state index in [4.69, 9.17) is 0 Å². The predicted molar refractivity (Wildman–Crippen MR) is 56.6 cm³/mol. The summed E-state index contributed by atoms with van der Waals surface area (Å²) < 4.78 is 0. The molecular formula is C12H24O. The summed E-state index contributed by atoms with van der Waals surface area (Å²) >= 11 is 0. The second-order valence-electron chi connectivity index (χ2n) is 5.99. The van der Waals surface area contributed by atoms with E-state index < -0.39 is 0 Å². The smallest absolute Gasteiger partial charge is 0.0566 e. The van der Waals surface area contributed by atoms with Crippen LogP contribution in [0.5, 0.6) is 0 Å². The lowest BCUT2D eigenvalue weighted by atomic mass is 9.73. The van der Waals surface area contributed by atoms with Gasteiger partial charge < -0.3 is 5.11 Å². The summed E-state index contributed by atoms with van der Waals surface area (Å²) in [5.41, 5.74) is 0.451. The van der Waals surface area contributed by atoms with E-state index in [1.165, 1.54) is 19.3 Å². The Morgan fingerprint density at radius 3 is 2.31 bits per heavy atom. The molecule has 1 heteroatoms. The molecular weight excluding hydrogens is 160 g/mol. The molecule has 1 nitrogen and oxygen atoms in total. The molecule has 1 saturated carbocycles. The maximum atomic E-state index is 9.59. The summed E-state index contributed by atoms with van der Waals surface area (Å²) in [6.45, 7) is 9.10. The molecule has 3 atom stereocenters. The third-order valence-electron chi connectivity index (χ3n) is 3.13. The van der Waals surface area contributed by atoms with Gasteiger partial charge in [0, 0.05) is 0 Å². The standard InChI is InChI=1S/C12H24O/c1-9-7-10(5-6-11(9)13)8-12(2,3)4/h9-11,13H,5-8H2,1-4H3. The van der Waals surface area contributed by atoms with E-state index in [0.717, 1.165) is 12.3 Å². The van der Waals surface area contributed by atoms with Gasteiger partial charge in [0.15, 0.2) is 0 Å². The van der Waals surface area contributed by atoms with Crippen molar-refractivity contribution < 1.29 is 5.11 Å². The lowest BCUT2D eigenvalue weighted by molar-refractivity contribution is 0.0472. The quantitative estimate of drug-likeness (QED) is 0.663. The first-order valence-electron chi connectivity index (χ1n) is 5.56. The molecule has 1 fully saturated rings. The maximum Gasteiger partial charge on any atom is 0.0566 e. The Kier molecular flexibility index (Phi) is 3.39. The van der Waals surface area contributed by atoms with Crippen molar-refractivity contribution in [2.24, 2.45) is 17.3 Å². The molecule has 13 heavy (non-hydrogen) atoms. The van der Waals surface area contributed by atoms with Crippen LogP contribution in [-0.2, 0) is 0 Å². The molecule has 0 radical (unpaired) electrons. The van der Waals surface area contributed by atoms with Crippen LogP contribution < -0.4 is 0 Å². The van der Waals surface area contributed by atoms with Crippen LogP contribution in [0.1, 0.15) is 53.4 Å². The van der Waals surface area contributed by atoms with Gasteiger partial charge in [0.25, 0.3) is 0 Å². The molecule has 1 rings (SSSR count). The van der Waals surface area contributed by atoms with Gasteiger partial charge in [-0.25, -0.2) is 0 Å². The van der Waals surface area contributed by atoms with Crippen LogP contribution in [0.15, 0.2) is 0 Å². The average molecular weight is 184 g/mol. The Balaban J connectivity index is 2.38. The number of aliphatic hydroxyl groups excluding tert-OH is 1. The van der Waals surface area contributed by atoms with Crippen molar-refractivity contribution in [2.75, 3.05) is 0 Å². The molecule has 1 aliphatic rings. The summed E-state index contributed by atoms with van der Waals surface area (Å²) in [7, 11) is 0. The Bertz CT molecular complexity index is 157. The van der Waals surface area contributed by atoms with Gasteiger partial charge in [-0.2, -0.15) is 0 Å². The van der Waals surface area contributed by atoms with Gasteiger partial charge in [-0.05, 0) is 42.9 Å². The molecule has 1 N–H and O–H groups in total. The molecule has 78 valence electrons. The SMILES string of the molecule is CC1CC(CC(C)(C)C)CCC1O. The van der Waals surface area contributed by atoms with E-state index in [-0.39, 0.29) is 6.10 Å². The molecule has 0 spiro atoms. The lowest BCUT2D eigenvalue weighted by Gasteiger charge is -2.34. The fourth-order valence-corrected chi connectivity index (χ4v) is 2.54. The maximum absolute atomic E-state index is 9.59. The third-order valence-corrected chi connectivity index (χ3v) is 3.13. The Morgan fingerprint density at radius 1 is 1.23 bits per heavy atom. The molecule has 3 unspecified atom stereocenters.